The maximum absolute atomic E-state index is 11.2. The van der Waals surface area contributed by atoms with Crippen molar-refractivity contribution in [3.05, 3.63) is 30.1 Å². The Morgan fingerprint density at radius 3 is 3.12 bits per heavy atom. The SMILES string of the molecule is COC(=O)Cn1cc(CO)c2cccnc21. The van der Waals surface area contributed by atoms with Crippen LogP contribution in [0.2, 0.25) is 0 Å². The van der Waals surface area contributed by atoms with Gasteiger partial charge >= 0.3 is 5.97 Å². The minimum atomic E-state index is -0.341. The molecular formula is C11H12N2O3. The summed E-state index contributed by atoms with van der Waals surface area (Å²) in [5.41, 5.74) is 1.43. The largest absolute Gasteiger partial charge is 0.468 e. The van der Waals surface area contributed by atoms with Gasteiger partial charge in [0.25, 0.3) is 0 Å². The summed E-state index contributed by atoms with van der Waals surface area (Å²) in [5.74, 6) is -0.341. The van der Waals surface area contributed by atoms with Crippen molar-refractivity contribution >= 4 is 17.0 Å². The molecule has 0 radical (unpaired) electrons. The highest BCUT2D eigenvalue weighted by molar-refractivity contribution is 5.82. The van der Waals surface area contributed by atoms with Crippen molar-refractivity contribution in [2.24, 2.45) is 0 Å². The first kappa shape index (κ1) is 10.6. The van der Waals surface area contributed by atoms with Crippen LogP contribution in [0.15, 0.2) is 24.5 Å². The van der Waals surface area contributed by atoms with E-state index in [2.05, 4.69) is 9.72 Å². The molecule has 0 fully saturated rings. The van der Waals surface area contributed by atoms with Gasteiger partial charge in [0.1, 0.15) is 12.2 Å². The predicted molar refractivity (Wildman–Crippen MR) is 57.7 cm³/mol. The number of hydrogen-bond acceptors (Lipinski definition) is 4. The Morgan fingerprint density at radius 1 is 1.62 bits per heavy atom. The number of aromatic nitrogens is 2. The minimum Gasteiger partial charge on any atom is -0.468 e. The number of esters is 1. The monoisotopic (exact) mass is 220 g/mol. The molecule has 2 heterocycles. The second-order valence-corrected chi connectivity index (χ2v) is 3.39. The van der Waals surface area contributed by atoms with Crippen LogP contribution < -0.4 is 0 Å². The summed E-state index contributed by atoms with van der Waals surface area (Å²) in [7, 11) is 1.34. The van der Waals surface area contributed by atoms with Crippen LogP contribution in [0.4, 0.5) is 0 Å². The molecule has 0 saturated carbocycles. The zero-order chi connectivity index (χ0) is 11.5. The van der Waals surface area contributed by atoms with E-state index in [0.29, 0.717) is 5.65 Å². The molecule has 0 amide bonds. The molecule has 2 aromatic rings. The van der Waals surface area contributed by atoms with E-state index in [1.807, 2.05) is 6.07 Å². The summed E-state index contributed by atoms with van der Waals surface area (Å²) < 4.78 is 6.27. The number of aliphatic hydroxyl groups is 1. The topological polar surface area (TPSA) is 64.3 Å². The summed E-state index contributed by atoms with van der Waals surface area (Å²) in [4.78, 5) is 15.4. The third kappa shape index (κ3) is 1.77. The molecular weight excluding hydrogens is 208 g/mol. The number of methoxy groups -OCH3 is 1. The van der Waals surface area contributed by atoms with Crippen LogP contribution >= 0.6 is 0 Å². The zero-order valence-corrected chi connectivity index (χ0v) is 8.88. The number of pyridine rings is 1. The Kier molecular flexibility index (Phi) is 2.87. The molecule has 5 heteroatoms. The maximum Gasteiger partial charge on any atom is 0.325 e. The van der Waals surface area contributed by atoms with E-state index in [9.17, 15) is 9.90 Å². The van der Waals surface area contributed by atoms with E-state index in [1.54, 1.807) is 23.0 Å². The van der Waals surface area contributed by atoms with Gasteiger partial charge in [-0.2, -0.15) is 0 Å². The van der Waals surface area contributed by atoms with E-state index in [4.69, 9.17) is 0 Å². The molecule has 0 saturated heterocycles. The molecule has 84 valence electrons. The summed E-state index contributed by atoms with van der Waals surface area (Å²) in [5, 5.41) is 10.0. The fraction of sp³-hybridized carbons (Fsp3) is 0.273. The Labute approximate surface area is 92.3 Å². The Hall–Kier alpha value is -1.88. The Bertz CT molecular complexity index is 519. The fourth-order valence-corrected chi connectivity index (χ4v) is 1.65. The molecule has 16 heavy (non-hydrogen) atoms. The van der Waals surface area contributed by atoms with Gasteiger partial charge in [-0.15, -0.1) is 0 Å². The van der Waals surface area contributed by atoms with E-state index in [-0.39, 0.29) is 19.1 Å². The van der Waals surface area contributed by atoms with Crippen molar-refractivity contribution in [2.75, 3.05) is 7.11 Å². The molecule has 2 rings (SSSR count). The van der Waals surface area contributed by atoms with E-state index in [0.717, 1.165) is 10.9 Å². The second kappa shape index (κ2) is 4.32. The lowest BCUT2D eigenvalue weighted by Crippen LogP contribution is -2.10. The molecule has 0 aliphatic rings. The summed E-state index contributed by atoms with van der Waals surface area (Å²) >= 11 is 0. The number of ether oxygens (including phenoxy) is 1. The van der Waals surface area contributed by atoms with Crippen molar-refractivity contribution in [1.29, 1.82) is 0 Å². The van der Waals surface area contributed by atoms with Gasteiger partial charge in [-0.05, 0) is 12.1 Å². The number of hydrogen-bond donors (Lipinski definition) is 1. The first-order valence-corrected chi connectivity index (χ1v) is 4.86. The highest BCUT2D eigenvalue weighted by Crippen LogP contribution is 2.19. The number of carbonyl (C=O) groups excluding carboxylic acids is 1. The normalized spacial score (nSPS) is 10.6. The average Bonchev–Trinajstić information content (AvgIpc) is 2.68. The maximum atomic E-state index is 11.2. The quantitative estimate of drug-likeness (QED) is 0.773. The number of aliphatic hydroxyl groups excluding tert-OH is 1. The molecule has 0 atom stereocenters. The minimum absolute atomic E-state index is 0.0730. The van der Waals surface area contributed by atoms with Gasteiger partial charge < -0.3 is 14.4 Å². The molecule has 0 aliphatic carbocycles. The number of rotatable bonds is 3. The standard InChI is InChI=1S/C11H12N2O3/c1-16-10(15)6-13-5-8(7-14)9-3-2-4-12-11(9)13/h2-5,14H,6-7H2,1H3. The number of nitrogens with zero attached hydrogens (tertiary/aromatic N) is 2. The molecule has 1 N–H and O–H groups in total. The zero-order valence-electron chi connectivity index (χ0n) is 8.88. The van der Waals surface area contributed by atoms with E-state index >= 15 is 0 Å². The van der Waals surface area contributed by atoms with Gasteiger partial charge in [-0.3, -0.25) is 4.79 Å². The van der Waals surface area contributed by atoms with Crippen molar-refractivity contribution in [3.8, 4) is 0 Å². The van der Waals surface area contributed by atoms with Gasteiger partial charge in [0.2, 0.25) is 0 Å². The van der Waals surface area contributed by atoms with Crippen LogP contribution in [0, 0.1) is 0 Å². The van der Waals surface area contributed by atoms with Gasteiger partial charge in [0.05, 0.1) is 13.7 Å². The number of fused-ring (bicyclic) bond motifs is 1. The van der Waals surface area contributed by atoms with Gasteiger partial charge in [-0.1, -0.05) is 0 Å². The van der Waals surface area contributed by atoms with Crippen molar-refractivity contribution < 1.29 is 14.6 Å². The van der Waals surface area contributed by atoms with Gasteiger partial charge in [0, 0.05) is 23.3 Å². The first-order valence-electron chi connectivity index (χ1n) is 4.86. The first-order chi connectivity index (χ1) is 7.76. The van der Waals surface area contributed by atoms with Crippen molar-refractivity contribution in [2.45, 2.75) is 13.2 Å². The third-order valence-corrected chi connectivity index (χ3v) is 2.41. The molecule has 2 aromatic heterocycles. The highest BCUT2D eigenvalue weighted by atomic mass is 16.5. The highest BCUT2D eigenvalue weighted by Gasteiger charge is 2.11. The summed E-state index contributed by atoms with van der Waals surface area (Å²) in [6.07, 6.45) is 3.37. The van der Waals surface area contributed by atoms with E-state index < -0.39 is 0 Å². The second-order valence-electron chi connectivity index (χ2n) is 3.39. The molecule has 0 bridgehead atoms. The smallest absolute Gasteiger partial charge is 0.325 e. The lowest BCUT2D eigenvalue weighted by atomic mass is 10.2. The van der Waals surface area contributed by atoms with Crippen molar-refractivity contribution in [3.63, 3.8) is 0 Å². The van der Waals surface area contributed by atoms with Gasteiger partial charge in [-0.25, -0.2) is 4.98 Å². The van der Waals surface area contributed by atoms with Crippen molar-refractivity contribution in [1.82, 2.24) is 9.55 Å². The van der Waals surface area contributed by atoms with Crippen LogP contribution in [-0.4, -0.2) is 27.7 Å². The average molecular weight is 220 g/mol. The van der Waals surface area contributed by atoms with Crippen LogP contribution in [0.1, 0.15) is 5.56 Å². The molecule has 5 nitrogen and oxygen atoms in total. The van der Waals surface area contributed by atoms with Gasteiger partial charge in [0.15, 0.2) is 0 Å². The molecule has 0 unspecified atom stereocenters. The molecule has 0 spiro atoms. The lowest BCUT2D eigenvalue weighted by Gasteiger charge is -2.01. The van der Waals surface area contributed by atoms with Crippen LogP contribution in [0.25, 0.3) is 11.0 Å². The predicted octanol–water partition coefficient (Wildman–Crippen LogP) is 0.702. The molecule has 0 aliphatic heterocycles. The van der Waals surface area contributed by atoms with Crippen LogP contribution in [0.5, 0.6) is 0 Å². The Balaban J connectivity index is 2.49. The fourth-order valence-electron chi connectivity index (χ4n) is 1.65. The summed E-state index contributed by atoms with van der Waals surface area (Å²) in [6, 6.07) is 3.66. The molecule has 0 aromatic carbocycles. The Morgan fingerprint density at radius 2 is 2.44 bits per heavy atom. The van der Waals surface area contributed by atoms with E-state index in [1.165, 1.54) is 7.11 Å². The van der Waals surface area contributed by atoms with Crippen LogP contribution in [0.3, 0.4) is 0 Å². The lowest BCUT2D eigenvalue weighted by molar-refractivity contribution is -0.141. The van der Waals surface area contributed by atoms with Crippen LogP contribution in [-0.2, 0) is 22.7 Å². The third-order valence-electron chi connectivity index (χ3n) is 2.41. The number of carbonyl (C=O) groups is 1. The summed E-state index contributed by atoms with van der Waals surface area (Å²) in [6.45, 7) is 0.0282.